The fourth-order valence-corrected chi connectivity index (χ4v) is 7.06. The molecular weight excluding hydrogens is 700 g/mol. The fourth-order valence-electron chi connectivity index (χ4n) is 7.06. The third-order valence-corrected chi connectivity index (χ3v) is 10.2. The number of aryl methyl sites for hydroxylation is 2. The highest BCUT2D eigenvalue weighted by molar-refractivity contribution is 6.34. The van der Waals surface area contributed by atoms with Crippen LogP contribution in [0.5, 0.6) is 0 Å². The Morgan fingerprint density at radius 1 is 0.909 bits per heavy atom. The molecule has 4 aliphatic rings. The molecule has 288 valence electrons. The summed E-state index contributed by atoms with van der Waals surface area (Å²) in [5.74, 6) is -3.04. The average Bonchev–Trinajstić information content (AvgIpc) is 3.11. The minimum Gasteiger partial charge on any atom is -0.489 e. The predicted molar refractivity (Wildman–Crippen MR) is 211 cm³/mol. The summed E-state index contributed by atoms with van der Waals surface area (Å²) in [5, 5.41) is 0. The van der Waals surface area contributed by atoms with Crippen LogP contribution in [0.1, 0.15) is 71.9 Å². The Balaban J connectivity index is 1.41. The van der Waals surface area contributed by atoms with Crippen LogP contribution in [0, 0.1) is 19.3 Å². The summed E-state index contributed by atoms with van der Waals surface area (Å²) < 4.78 is 17.9. The molecule has 0 aromatic heterocycles. The summed E-state index contributed by atoms with van der Waals surface area (Å²) in [7, 11) is 2.38. The second-order valence-corrected chi connectivity index (χ2v) is 14.7. The van der Waals surface area contributed by atoms with Gasteiger partial charge < -0.3 is 18.8 Å². The normalized spacial score (nSPS) is 17.1. The lowest BCUT2D eigenvalue weighted by molar-refractivity contribution is -0.138. The molecular formula is C43H48N4O8. The van der Waals surface area contributed by atoms with E-state index in [0.29, 0.717) is 21.2 Å². The van der Waals surface area contributed by atoms with Crippen LogP contribution < -0.4 is 11.2 Å². The molecule has 5 rings (SSSR count). The van der Waals surface area contributed by atoms with Gasteiger partial charge in [0.15, 0.2) is 11.5 Å². The van der Waals surface area contributed by atoms with E-state index in [1.807, 2.05) is 45.1 Å². The van der Waals surface area contributed by atoms with Crippen LogP contribution in [-0.4, -0.2) is 57.5 Å². The first-order valence-corrected chi connectivity index (χ1v) is 18.2. The number of ketones is 2. The number of hydrogen-bond acceptors (Lipinski definition) is 10. The number of ether oxygens (including phenoxy) is 3. The van der Waals surface area contributed by atoms with Gasteiger partial charge in [0.1, 0.15) is 12.3 Å². The number of fused-ring (bicyclic) bond motifs is 2. The number of methoxy groups -OCH3 is 2. The van der Waals surface area contributed by atoms with Crippen molar-refractivity contribution in [2.75, 3.05) is 20.8 Å². The van der Waals surface area contributed by atoms with Crippen molar-refractivity contribution >= 4 is 34.3 Å². The van der Waals surface area contributed by atoms with Gasteiger partial charge in [-0.1, -0.05) is 55.4 Å². The minimum absolute atomic E-state index is 0.0241. The number of aromatic nitrogens is 4. The zero-order valence-electron chi connectivity index (χ0n) is 33.2. The number of carbonyl (C=O) groups is 3. The first-order chi connectivity index (χ1) is 26.0. The van der Waals surface area contributed by atoms with Gasteiger partial charge in [0.05, 0.1) is 31.8 Å². The lowest BCUT2D eigenvalue weighted by atomic mass is 9.72. The Labute approximate surface area is 320 Å². The zero-order valence-corrected chi connectivity index (χ0v) is 33.2. The summed E-state index contributed by atoms with van der Waals surface area (Å²) in [4.78, 5) is 75.8. The molecule has 0 spiro atoms. The van der Waals surface area contributed by atoms with Gasteiger partial charge in [0.2, 0.25) is 23.1 Å². The molecule has 0 bridgehead atoms. The van der Waals surface area contributed by atoms with E-state index < -0.39 is 40.2 Å². The minimum atomic E-state index is -1.10. The topological polar surface area (TPSA) is 149 Å². The zero-order chi connectivity index (χ0) is 40.4. The van der Waals surface area contributed by atoms with Gasteiger partial charge in [0, 0.05) is 11.6 Å². The molecule has 0 N–H and O–H groups in total. The molecule has 1 aromatic rings. The van der Waals surface area contributed by atoms with Crippen molar-refractivity contribution in [1.82, 2.24) is 19.1 Å². The number of benzene rings is 1. The highest BCUT2D eigenvalue weighted by atomic mass is 16.5. The molecule has 2 heterocycles. The van der Waals surface area contributed by atoms with Crippen molar-refractivity contribution in [3.8, 4) is 11.5 Å². The van der Waals surface area contributed by atoms with Gasteiger partial charge in [-0.15, -0.1) is 0 Å². The van der Waals surface area contributed by atoms with Crippen molar-refractivity contribution in [3.63, 3.8) is 0 Å². The van der Waals surface area contributed by atoms with Gasteiger partial charge in [0.25, 0.3) is 5.56 Å². The van der Waals surface area contributed by atoms with Crippen LogP contribution in [0.15, 0.2) is 97.6 Å². The monoisotopic (exact) mass is 748 g/mol. The van der Waals surface area contributed by atoms with Gasteiger partial charge >= 0.3 is 11.7 Å². The van der Waals surface area contributed by atoms with E-state index in [1.54, 1.807) is 17.6 Å². The van der Waals surface area contributed by atoms with Crippen LogP contribution in [0.2, 0.25) is 0 Å². The largest absolute Gasteiger partial charge is 0.489 e. The maximum atomic E-state index is 14.1. The van der Waals surface area contributed by atoms with Crippen LogP contribution in [0.4, 0.5) is 0 Å². The van der Waals surface area contributed by atoms with E-state index in [9.17, 15) is 24.0 Å². The third kappa shape index (κ3) is 8.13. The third-order valence-electron chi connectivity index (χ3n) is 10.2. The summed E-state index contributed by atoms with van der Waals surface area (Å²) in [6.45, 7) is 15.6. The van der Waals surface area contributed by atoms with Gasteiger partial charge in [-0.05, 0) is 101 Å². The second kappa shape index (κ2) is 16.2. The van der Waals surface area contributed by atoms with Gasteiger partial charge in [-0.3, -0.25) is 14.4 Å². The molecule has 0 unspecified atom stereocenters. The molecule has 0 amide bonds. The highest BCUT2D eigenvalue weighted by Crippen LogP contribution is 2.41. The van der Waals surface area contributed by atoms with Gasteiger partial charge in [-0.25, -0.2) is 19.1 Å². The number of carbonyl (C=O) groups excluding carboxylic acids is 3. The second-order valence-electron chi connectivity index (χ2n) is 14.7. The lowest BCUT2D eigenvalue weighted by Gasteiger charge is -2.32. The predicted octanol–water partition coefficient (Wildman–Crippen LogP) is 6.64. The average molecular weight is 749 g/mol. The van der Waals surface area contributed by atoms with E-state index in [1.165, 1.54) is 51.2 Å². The Morgan fingerprint density at radius 2 is 1.58 bits per heavy atom. The molecule has 12 heteroatoms. The first-order valence-electron chi connectivity index (χ1n) is 18.2. The lowest BCUT2D eigenvalue weighted by Crippen LogP contribution is -2.42. The Morgan fingerprint density at radius 3 is 2.25 bits per heavy atom. The van der Waals surface area contributed by atoms with Gasteiger partial charge in [-0.2, -0.15) is 4.98 Å². The van der Waals surface area contributed by atoms with E-state index >= 15 is 0 Å². The maximum Gasteiger partial charge on any atom is 0.357 e. The molecule has 2 aliphatic carbocycles. The van der Waals surface area contributed by atoms with Crippen molar-refractivity contribution in [2.24, 2.45) is 5.41 Å². The SMILES string of the molecule is COC1=C(OC)C(=O)C(n2c(=O)nc3n(CCOC(=O)/C=C(C)/C=C/C=C(C)/C=C/C4=C(C)CCCC4(C)C)c4cc(C)c(C)cc4nc-3c2=O)=C(C)C1=O. The molecule has 55 heavy (non-hydrogen) atoms. The number of nitrogens with zero attached hydrogens (tertiary/aromatic N) is 4. The highest BCUT2D eigenvalue weighted by Gasteiger charge is 2.38. The smallest absolute Gasteiger partial charge is 0.357 e. The molecule has 0 fully saturated rings. The fraction of sp³-hybridized carbons (Fsp3) is 0.372. The standard InChI is InChI=1S/C43H48N4O8/c1-24(16-17-30-26(3)15-12-18-43(30,7)8)13-11-14-25(2)21-33(48)55-20-19-46-32-23-28(5)27(4)22-31(32)44-34-40(46)45-42(52)47(41(34)51)35-29(6)36(49)38(53-9)39(54-10)37(35)50/h11,13-14,16-17,21-23H,12,15,18-20H2,1-10H3/b14-11+,17-16+,24-13+,25-21+. The number of rotatable bonds is 11. The van der Waals surface area contributed by atoms with E-state index in [0.717, 1.165) is 23.1 Å². The summed E-state index contributed by atoms with van der Waals surface area (Å²) in [6, 6.07) is 3.64. The summed E-state index contributed by atoms with van der Waals surface area (Å²) >= 11 is 0. The number of allylic oxidation sites excluding steroid dienone is 11. The van der Waals surface area contributed by atoms with Crippen LogP contribution in [0.25, 0.3) is 28.2 Å². The quantitative estimate of drug-likeness (QED) is 0.0687. The maximum absolute atomic E-state index is 14.1. The van der Waals surface area contributed by atoms with Crippen LogP contribution in [-0.2, 0) is 35.1 Å². The first kappa shape index (κ1) is 40.3. The summed E-state index contributed by atoms with van der Waals surface area (Å²) in [5.41, 5.74) is 4.58. The van der Waals surface area contributed by atoms with Crippen LogP contribution in [0.3, 0.4) is 0 Å². The number of esters is 1. The molecule has 1 aromatic carbocycles. The van der Waals surface area contributed by atoms with E-state index in [4.69, 9.17) is 14.2 Å². The molecule has 12 nitrogen and oxygen atoms in total. The van der Waals surface area contributed by atoms with Crippen molar-refractivity contribution in [3.05, 3.63) is 120 Å². The number of Topliss-reactive ketones (excluding diaryl/α,β-unsaturated/α-hetero) is 2. The Hall–Kier alpha value is -5.91. The van der Waals surface area contributed by atoms with Crippen LogP contribution >= 0.6 is 0 Å². The van der Waals surface area contributed by atoms with E-state index in [2.05, 4.69) is 42.9 Å². The van der Waals surface area contributed by atoms with Crippen molar-refractivity contribution in [1.29, 1.82) is 0 Å². The molecule has 0 radical (unpaired) electrons. The van der Waals surface area contributed by atoms with E-state index in [-0.39, 0.29) is 41.4 Å². The molecule has 0 atom stereocenters. The Kier molecular flexibility index (Phi) is 11.9. The van der Waals surface area contributed by atoms with Crippen molar-refractivity contribution in [2.45, 2.75) is 81.2 Å². The number of hydrogen-bond donors (Lipinski definition) is 0. The molecule has 2 aliphatic heterocycles. The molecule has 0 saturated carbocycles. The summed E-state index contributed by atoms with van der Waals surface area (Å²) in [6.07, 6.45) is 15.0. The molecule has 0 saturated heterocycles. The Bertz CT molecular complexity index is 2430. The van der Waals surface area contributed by atoms with Crippen molar-refractivity contribution < 1.29 is 28.6 Å².